The van der Waals surface area contributed by atoms with Gasteiger partial charge in [-0.1, -0.05) is 6.07 Å². The van der Waals surface area contributed by atoms with Gasteiger partial charge in [-0.15, -0.1) is 0 Å². The largest absolute Gasteiger partial charge is 0.478 e. The predicted octanol–water partition coefficient (Wildman–Crippen LogP) is 2.06. The van der Waals surface area contributed by atoms with E-state index in [2.05, 4.69) is 15.3 Å². The molecule has 2 rings (SSSR count). The third-order valence-corrected chi connectivity index (χ3v) is 1.99. The van der Waals surface area contributed by atoms with Crippen LogP contribution in [0, 0.1) is 5.82 Å². The molecule has 0 unspecified atom stereocenters. The van der Waals surface area contributed by atoms with Gasteiger partial charge in [-0.3, -0.25) is 0 Å². The zero-order valence-electron chi connectivity index (χ0n) is 8.59. The van der Waals surface area contributed by atoms with Gasteiger partial charge in [0.1, 0.15) is 0 Å². The summed E-state index contributed by atoms with van der Waals surface area (Å²) in [6, 6.07) is 6.17. The van der Waals surface area contributed by atoms with Crippen LogP contribution in [0.15, 0.2) is 36.7 Å². The van der Waals surface area contributed by atoms with Crippen molar-refractivity contribution in [2.75, 3.05) is 5.32 Å². The molecule has 0 aliphatic carbocycles. The molecule has 0 saturated carbocycles. The van der Waals surface area contributed by atoms with E-state index in [0.29, 0.717) is 5.69 Å². The number of hydrogen-bond acceptors (Lipinski definition) is 4. The number of nitrogens with zero attached hydrogens (tertiary/aromatic N) is 2. The smallest absolute Gasteiger partial charge is 0.335 e. The number of nitrogens with one attached hydrogen (secondary N) is 1. The number of hydrogen-bond donors (Lipinski definition) is 2. The molecular formula is C11H8FN3O2. The maximum atomic E-state index is 12.6. The minimum atomic E-state index is -1.02. The third-order valence-electron chi connectivity index (χ3n) is 1.99. The van der Waals surface area contributed by atoms with Crippen molar-refractivity contribution in [2.45, 2.75) is 0 Å². The second-order valence-electron chi connectivity index (χ2n) is 3.24. The molecule has 0 aliphatic heterocycles. The van der Waals surface area contributed by atoms with Crippen molar-refractivity contribution in [3.05, 3.63) is 48.0 Å². The Bertz CT molecular complexity index is 543. The first-order chi connectivity index (χ1) is 8.15. The van der Waals surface area contributed by atoms with Crippen molar-refractivity contribution >= 4 is 17.6 Å². The van der Waals surface area contributed by atoms with Gasteiger partial charge in [0.2, 0.25) is 5.95 Å². The second-order valence-corrected chi connectivity index (χ2v) is 3.24. The van der Waals surface area contributed by atoms with Crippen molar-refractivity contribution in [3.8, 4) is 0 Å². The summed E-state index contributed by atoms with van der Waals surface area (Å²) in [7, 11) is 0. The Hall–Kier alpha value is -2.50. The maximum Gasteiger partial charge on any atom is 0.335 e. The number of anilines is 2. The van der Waals surface area contributed by atoms with Gasteiger partial charge in [0.05, 0.1) is 18.0 Å². The summed E-state index contributed by atoms with van der Waals surface area (Å²) in [5.41, 5.74) is 0.675. The van der Waals surface area contributed by atoms with Crippen LogP contribution in [0.1, 0.15) is 10.4 Å². The molecule has 0 aliphatic rings. The lowest BCUT2D eigenvalue weighted by molar-refractivity contribution is 0.0697. The highest BCUT2D eigenvalue weighted by molar-refractivity contribution is 5.88. The van der Waals surface area contributed by atoms with E-state index < -0.39 is 11.8 Å². The normalized spacial score (nSPS) is 9.94. The molecule has 0 spiro atoms. The fourth-order valence-corrected chi connectivity index (χ4v) is 1.24. The predicted molar refractivity (Wildman–Crippen MR) is 58.7 cm³/mol. The molecular weight excluding hydrogens is 225 g/mol. The molecule has 2 aromatic rings. The summed E-state index contributed by atoms with van der Waals surface area (Å²) >= 11 is 0. The van der Waals surface area contributed by atoms with Gasteiger partial charge in [-0.2, -0.15) is 0 Å². The first kappa shape index (κ1) is 11.0. The van der Waals surface area contributed by atoms with Gasteiger partial charge in [0.15, 0.2) is 5.82 Å². The summed E-state index contributed by atoms with van der Waals surface area (Å²) < 4.78 is 12.6. The van der Waals surface area contributed by atoms with Crippen molar-refractivity contribution in [2.24, 2.45) is 0 Å². The molecule has 1 aromatic heterocycles. The van der Waals surface area contributed by atoms with E-state index in [4.69, 9.17) is 5.11 Å². The highest BCUT2D eigenvalue weighted by Crippen LogP contribution is 2.14. The Morgan fingerprint density at radius 2 is 2.00 bits per heavy atom. The van der Waals surface area contributed by atoms with Gasteiger partial charge >= 0.3 is 5.97 Å². The van der Waals surface area contributed by atoms with E-state index in [9.17, 15) is 9.18 Å². The Labute approximate surface area is 96.0 Å². The molecule has 17 heavy (non-hydrogen) atoms. The fourth-order valence-electron chi connectivity index (χ4n) is 1.24. The van der Waals surface area contributed by atoms with Crippen LogP contribution in [-0.2, 0) is 0 Å². The maximum absolute atomic E-state index is 12.6. The Balaban J connectivity index is 2.21. The van der Waals surface area contributed by atoms with Crippen LogP contribution in [0.3, 0.4) is 0 Å². The lowest BCUT2D eigenvalue weighted by atomic mass is 10.2. The summed E-state index contributed by atoms with van der Waals surface area (Å²) in [4.78, 5) is 18.1. The molecule has 0 radical (unpaired) electrons. The number of aromatic nitrogens is 2. The first-order valence-electron chi connectivity index (χ1n) is 4.73. The topological polar surface area (TPSA) is 75.1 Å². The van der Waals surface area contributed by atoms with Gasteiger partial charge in [-0.25, -0.2) is 19.2 Å². The third kappa shape index (κ3) is 2.75. The molecule has 0 fully saturated rings. The zero-order valence-corrected chi connectivity index (χ0v) is 8.59. The van der Waals surface area contributed by atoms with Crippen molar-refractivity contribution < 1.29 is 14.3 Å². The number of carboxylic acids is 1. The summed E-state index contributed by atoms with van der Waals surface area (Å²) in [5.74, 6) is -1.35. The summed E-state index contributed by atoms with van der Waals surface area (Å²) in [6.07, 6.45) is 2.05. The number of carboxylic acid groups (broad SMARTS) is 1. The van der Waals surface area contributed by atoms with E-state index in [1.807, 2.05) is 0 Å². The van der Waals surface area contributed by atoms with Crippen LogP contribution in [-0.4, -0.2) is 21.0 Å². The molecule has 1 heterocycles. The molecule has 1 aromatic carbocycles. The highest BCUT2D eigenvalue weighted by atomic mass is 19.1. The number of rotatable bonds is 3. The molecule has 5 nitrogen and oxygen atoms in total. The number of halogens is 1. The van der Waals surface area contributed by atoms with Crippen molar-refractivity contribution in [3.63, 3.8) is 0 Å². The Morgan fingerprint density at radius 3 is 2.65 bits per heavy atom. The molecule has 0 atom stereocenters. The van der Waals surface area contributed by atoms with Crippen LogP contribution < -0.4 is 5.32 Å². The molecule has 0 saturated heterocycles. The van der Waals surface area contributed by atoms with Gasteiger partial charge in [0, 0.05) is 5.69 Å². The average Bonchev–Trinajstić information content (AvgIpc) is 2.32. The number of aromatic carboxylic acids is 1. The summed E-state index contributed by atoms with van der Waals surface area (Å²) in [6.45, 7) is 0. The first-order valence-corrected chi connectivity index (χ1v) is 4.73. The fraction of sp³-hybridized carbons (Fsp3) is 0. The minimum Gasteiger partial charge on any atom is -0.478 e. The van der Waals surface area contributed by atoms with Crippen molar-refractivity contribution in [1.82, 2.24) is 9.97 Å². The SMILES string of the molecule is O=C(O)c1cccc(Nc2ncc(F)cn2)c1. The van der Waals surface area contributed by atoms with Crippen molar-refractivity contribution in [1.29, 1.82) is 0 Å². The Kier molecular flexibility index (Phi) is 2.95. The minimum absolute atomic E-state index is 0.150. The molecule has 86 valence electrons. The van der Waals surface area contributed by atoms with E-state index >= 15 is 0 Å². The van der Waals surface area contributed by atoms with Crippen LogP contribution in [0.2, 0.25) is 0 Å². The van der Waals surface area contributed by atoms with E-state index in [-0.39, 0.29) is 11.5 Å². The number of carbonyl (C=O) groups is 1. The summed E-state index contributed by atoms with van der Waals surface area (Å²) in [5, 5.41) is 11.6. The lowest BCUT2D eigenvalue weighted by Gasteiger charge is -2.04. The van der Waals surface area contributed by atoms with Gasteiger partial charge < -0.3 is 10.4 Å². The van der Waals surface area contributed by atoms with Gasteiger partial charge in [-0.05, 0) is 18.2 Å². The lowest BCUT2D eigenvalue weighted by Crippen LogP contribution is -2.00. The standard InChI is InChI=1S/C11H8FN3O2/c12-8-5-13-11(14-6-8)15-9-3-1-2-7(4-9)10(16)17/h1-6H,(H,16,17)(H,13,14,15). The average molecular weight is 233 g/mol. The molecule has 0 bridgehead atoms. The zero-order chi connectivity index (χ0) is 12.3. The number of benzene rings is 1. The van der Waals surface area contributed by atoms with E-state index in [1.54, 1.807) is 12.1 Å². The van der Waals surface area contributed by atoms with Crippen LogP contribution in [0.4, 0.5) is 16.0 Å². The highest BCUT2D eigenvalue weighted by Gasteiger charge is 2.04. The van der Waals surface area contributed by atoms with Crippen LogP contribution in [0.25, 0.3) is 0 Å². The van der Waals surface area contributed by atoms with Gasteiger partial charge in [0.25, 0.3) is 0 Å². The molecule has 0 amide bonds. The van der Waals surface area contributed by atoms with E-state index in [1.165, 1.54) is 12.1 Å². The quantitative estimate of drug-likeness (QED) is 0.848. The Morgan fingerprint density at radius 1 is 1.29 bits per heavy atom. The molecule has 6 heteroatoms. The van der Waals surface area contributed by atoms with Crippen LogP contribution in [0.5, 0.6) is 0 Å². The molecule has 2 N–H and O–H groups in total. The second kappa shape index (κ2) is 4.56. The van der Waals surface area contributed by atoms with Crippen LogP contribution >= 0.6 is 0 Å². The monoisotopic (exact) mass is 233 g/mol. The van der Waals surface area contributed by atoms with E-state index in [0.717, 1.165) is 12.4 Å².